The predicted octanol–water partition coefficient (Wildman–Crippen LogP) is 1.62. The summed E-state index contributed by atoms with van der Waals surface area (Å²) in [6.07, 6.45) is 5.38. The zero-order valence-corrected chi connectivity index (χ0v) is 12.7. The molecule has 1 N–H and O–H groups in total. The highest BCUT2D eigenvalue weighted by Crippen LogP contribution is 2.26. The van der Waals surface area contributed by atoms with E-state index in [-0.39, 0.29) is 24.0 Å². The highest BCUT2D eigenvalue weighted by atomic mass is 16.5. The molecule has 1 fully saturated rings. The smallest absolute Gasteiger partial charge is 0.323 e. The first-order chi connectivity index (χ1) is 10.1. The van der Waals surface area contributed by atoms with Gasteiger partial charge in [0.1, 0.15) is 6.04 Å². The van der Waals surface area contributed by atoms with Gasteiger partial charge in [-0.1, -0.05) is 6.07 Å². The number of carbonyl (C=O) groups excluding carboxylic acids is 2. The Hall–Kier alpha value is -1.95. The van der Waals surface area contributed by atoms with Gasteiger partial charge in [-0.3, -0.25) is 19.9 Å². The molecule has 0 saturated carbocycles. The SMILES string of the molecule is CCOC(=O)C1CCC(c2cccnc2)N1.COC(C)=O. The number of carbonyl (C=O) groups is 2. The molecular formula is C15H22N2O4. The van der Waals surface area contributed by atoms with Crippen LogP contribution in [0.4, 0.5) is 0 Å². The van der Waals surface area contributed by atoms with Crippen LogP contribution in [0.3, 0.4) is 0 Å². The first-order valence-electron chi connectivity index (χ1n) is 6.95. The van der Waals surface area contributed by atoms with E-state index in [0.717, 1.165) is 18.4 Å². The fourth-order valence-corrected chi connectivity index (χ4v) is 2.02. The minimum atomic E-state index is -0.245. The van der Waals surface area contributed by atoms with E-state index in [1.54, 1.807) is 6.20 Å². The molecule has 0 aliphatic carbocycles. The third-order valence-corrected chi connectivity index (χ3v) is 3.09. The Morgan fingerprint density at radius 1 is 1.43 bits per heavy atom. The fourth-order valence-electron chi connectivity index (χ4n) is 2.02. The molecule has 0 bridgehead atoms. The molecule has 1 aliphatic rings. The van der Waals surface area contributed by atoms with Crippen LogP contribution in [0.2, 0.25) is 0 Å². The van der Waals surface area contributed by atoms with Gasteiger partial charge in [0.05, 0.1) is 13.7 Å². The molecule has 21 heavy (non-hydrogen) atoms. The Morgan fingerprint density at radius 3 is 2.67 bits per heavy atom. The monoisotopic (exact) mass is 294 g/mol. The number of ether oxygens (including phenoxy) is 2. The molecule has 0 aromatic carbocycles. The summed E-state index contributed by atoms with van der Waals surface area (Å²) in [5, 5.41) is 3.28. The standard InChI is InChI=1S/C12H16N2O2.C3H6O2/c1-2-16-12(15)11-6-5-10(14-11)9-4-3-7-13-8-9;1-3(4)5-2/h3-4,7-8,10-11,14H,2,5-6H2,1H3;1-2H3. The molecule has 116 valence electrons. The van der Waals surface area contributed by atoms with Crippen molar-refractivity contribution < 1.29 is 19.1 Å². The number of pyridine rings is 1. The van der Waals surface area contributed by atoms with E-state index < -0.39 is 0 Å². The molecule has 1 aromatic rings. The van der Waals surface area contributed by atoms with Gasteiger partial charge in [-0.05, 0) is 31.4 Å². The van der Waals surface area contributed by atoms with Crippen molar-refractivity contribution in [1.82, 2.24) is 10.3 Å². The maximum atomic E-state index is 11.5. The Kier molecular flexibility index (Phi) is 7.39. The van der Waals surface area contributed by atoms with Crippen LogP contribution in [0.15, 0.2) is 24.5 Å². The summed E-state index contributed by atoms with van der Waals surface area (Å²) in [5.74, 6) is -0.390. The number of hydrogen-bond donors (Lipinski definition) is 1. The molecule has 2 unspecified atom stereocenters. The lowest BCUT2D eigenvalue weighted by Gasteiger charge is -2.13. The van der Waals surface area contributed by atoms with Gasteiger partial charge in [-0.15, -0.1) is 0 Å². The van der Waals surface area contributed by atoms with Crippen molar-refractivity contribution >= 4 is 11.9 Å². The van der Waals surface area contributed by atoms with E-state index in [1.807, 2.05) is 25.3 Å². The van der Waals surface area contributed by atoms with Gasteiger partial charge < -0.3 is 9.47 Å². The molecule has 2 heterocycles. The van der Waals surface area contributed by atoms with Crippen molar-refractivity contribution in [1.29, 1.82) is 0 Å². The van der Waals surface area contributed by atoms with Crippen molar-refractivity contribution in [3.05, 3.63) is 30.1 Å². The summed E-state index contributed by atoms with van der Waals surface area (Å²) in [5.41, 5.74) is 1.13. The minimum Gasteiger partial charge on any atom is -0.469 e. The van der Waals surface area contributed by atoms with Crippen LogP contribution < -0.4 is 5.32 Å². The van der Waals surface area contributed by atoms with Gasteiger partial charge in [0.25, 0.3) is 0 Å². The van der Waals surface area contributed by atoms with Crippen molar-refractivity contribution in [2.24, 2.45) is 0 Å². The first-order valence-corrected chi connectivity index (χ1v) is 6.95. The maximum absolute atomic E-state index is 11.5. The van der Waals surface area contributed by atoms with Gasteiger partial charge in [-0.25, -0.2) is 0 Å². The second-order valence-electron chi connectivity index (χ2n) is 4.58. The quantitative estimate of drug-likeness (QED) is 0.854. The number of aromatic nitrogens is 1. The molecule has 2 atom stereocenters. The topological polar surface area (TPSA) is 77.5 Å². The van der Waals surface area contributed by atoms with Gasteiger partial charge >= 0.3 is 11.9 Å². The Balaban J connectivity index is 0.000000383. The molecule has 1 aliphatic heterocycles. The summed E-state index contributed by atoms with van der Waals surface area (Å²) in [6, 6.07) is 4.00. The number of rotatable bonds is 3. The van der Waals surface area contributed by atoms with E-state index >= 15 is 0 Å². The van der Waals surface area contributed by atoms with Gasteiger partial charge in [0, 0.05) is 25.4 Å². The molecule has 1 saturated heterocycles. The highest BCUT2D eigenvalue weighted by Gasteiger charge is 2.30. The fraction of sp³-hybridized carbons (Fsp3) is 0.533. The summed E-state index contributed by atoms with van der Waals surface area (Å²) in [4.78, 5) is 25.2. The molecule has 6 heteroatoms. The van der Waals surface area contributed by atoms with Crippen LogP contribution in [-0.2, 0) is 19.1 Å². The van der Waals surface area contributed by atoms with Crippen molar-refractivity contribution in [3.63, 3.8) is 0 Å². The first kappa shape index (κ1) is 17.1. The van der Waals surface area contributed by atoms with Gasteiger partial charge in [0.2, 0.25) is 0 Å². The highest BCUT2D eigenvalue weighted by molar-refractivity contribution is 5.76. The maximum Gasteiger partial charge on any atom is 0.323 e. The minimum absolute atomic E-state index is 0.145. The van der Waals surface area contributed by atoms with Gasteiger partial charge in [0.15, 0.2) is 0 Å². The van der Waals surface area contributed by atoms with Crippen LogP contribution in [0.25, 0.3) is 0 Å². The average molecular weight is 294 g/mol. The lowest BCUT2D eigenvalue weighted by atomic mass is 10.1. The van der Waals surface area contributed by atoms with Crippen LogP contribution in [0.5, 0.6) is 0 Å². The number of esters is 2. The summed E-state index contributed by atoms with van der Waals surface area (Å²) in [7, 11) is 1.35. The normalized spacial score (nSPS) is 20.1. The Labute approximate surface area is 124 Å². The van der Waals surface area contributed by atoms with Crippen molar-refractivity contribution in [2.45, 2.75) is 38.8 Å². The second-order valence-corrected chi connectivity index (χ2v) is 4.58. The molecular weight excluding hydrogens is 272 g/mol. The summed E-state index contributed by atoms with van der Waals surface area (Å²) in [6.45, 7) is 3.63. The largest absolute Gasteiger partial charge is 0.469 e. The van der Waals surface area contributed by atoms with E-state index in [4.69, 9.17) is 4.74 Å². The van der Waals surface area contributed by atoms with Crippen molar-refractivity contribution in [2.75, 3.05) is 13.7 Å². The average Bonchev–Trinajstić information content (AvgIpc) is 2.99. The predicted molar refractivity (Wildman–Crippen MR) is 77.5 cm³/mol. The van der Waals surface area contributed by atoms with E-state index in [9.17, 15) is 9.59 Å². The molecule has 0 spiro atoms. The van der Waals surface area contributed by atoms with Crippen LogP contribution in [-0.4, -0.2) is 36.7 Å². The van der Waals surface area contributed by atoms with Crippen LogP contribution in [0.1, 0.15) is 38.3 Å². The van der Waals surface area contributed by atoms with E-state index in [2.05, 4.69) is 15.0 Å². The number of methoxy groups -OCH3 is 1. The van der Waals surface area contributed by atoms with E-state index in [1.165, 1.54) is 14.0 Å². The number of hydrogen-bond acceptors (Lipinski definition) is 6. The molecule has 0 amide bonds. The number of nitrogens with zero attached hydrogens (tertiary/aromatic N) is 1. The summed E-state index contributed by atoms with van der Waals surface area (Å²) < 4.78 is 9.10. The zero-order chi connectivity index (χ0) is 15.7. The molecule has 0 radical (unpaired) electrons. The zero-order valence-electron chi connectivity index (χ0n) is 12.7. The lowest BCUT2D eigenvalue weighted by Crippen LogP contribution is -2.33. The van der Waals surface area contributed by atoms with Crippen molar-refractivity contribution in [3.8, 4) is 0 Å². The Bertz CT molecular complexity index is 450. The number of nitrogens with one attached hydrogen (secondary N) is 1. The molecule has 2 rings (SSSR count). The second kappa shape index (κ2) is 9.07. The Morgan fingerprint density at radius 2 is 2.14 bits per heavy atom. The summed E-state index contributed by atoms with van der Waals surface area (Å²) >= 11 is 0. The van der Waals surface area contributed by atoms with E-state index in [0.29, 0.717) is 6.61 Å². The third kappa shape index (κ3) is 5.91. The van der Waals surface area contributed by atoms with Gasteiger partial charge in [-0.2, -0.15) is 0 Å². The lowest BCUT2D eigenvalue weighted by molar-refractivity contribution is -0.145. The third-order valence-electron chi connectivity index (χ3n) is 3.09. The van der Waals surface area contributed by atoms with Crippen LogP contribution >= 0.6 is 0 Å². The molecule has 1 aromatic heterocycles. The molecule has 6 nitrogen and oxygen atoms in total. The van der Waals surface area contributed by atoms with Crippen LogP contribution in [0, 0.1) is 0 Å².